The highest BCUT2D eigenvalue weighted by Crippen LogP contribution is 2.44. The van der Waals surface area contributed by atoms with Gasteiger partial charge in [0.25, 0.3) is 0 Å². The van der Waals surface area contributed by atoms with E-state index >= 15 is 0 Å². The van der Waals surface area contributed by atoms with Gasteiger partial charge in [0.05, 0.1) is 0 Å². The smallest absolute Gasteiger partial charge is 0.191 e. The Morgan fingerprint density at radius 1 is 1.18 bits per heavy atom. The van der Waals surface area contributed by atoms with Crippen molar-refractivity contribution in [1.29, 1.82) is 0 Å². The van der Waals surface area contributed by atoms with Crippen molar-refractivity contribution in [1.82, 2.24) is 10.6 Å². The Kier molecular flexibility index (Phi) is 6.87. The molecule has 0 spiro atoms. The number of aliphatic imine (C=N–C) groups is 1. The van der Waals surface area contributed by atoms with E-state index in [1.54, 1.807) is 0 Å². The predicted octanol–water partition coefficient (Wildman–Crippen LogP) is 3.96. The quantitative estimate of drug-likeness (QED) is 0.709. The number of hydrogen-bond acceptors (Lipinski definition) is 4. The minimum atomic E-state index is 0. The Morgan fingerprint density at radius 2 is 1.91 bits per heavy atom. The highest BCUT2D eigenvalue weighted by Gasteiger charge is 2.35. The first-order chi connectivity index (χ1) is 10.3. The fourth-order valence-electron chi connectivity index (χ4n) is 3.09. The second-order valence-corrected chi connectivity index (χ2v) is 7.71. The first-order valence-electron chi connectivity index (χ1n) is 8.04. The van der Waals surface area contributed by atoms with Gasteiger partial charge in [0.1, 0.15) is 0 Å². The molecule has 0 atom stereocenters. The predicted molar refractivity (Wildman–Crippen MR) is 107 cm³/mol. The lowest BCUT2D eigenvalue weighted by molar-refractivity contribution is 0.576. The van der Waals surface area contributed by atoms with Crippen LogP contribution in [0.1, 0.15) is 37.7 Å². The van der Waals surface area contributed by atoms with Gasteiger partial charge in [-0.2, -0.15) is 0 Å². The van der Waals surface area contributed by atoms with Crippen LogP contribution in [-0.4, -0.2) is 30.3 Å². The molecule has 1 fully saturated rings. The van der Waals surface area contributed by atoms with Crippen molar-refractivity contribution < 1.29 is 0 Å². The van der Waals surface area contributed by atoms with E-state index in [1.165, 1.54) is 36.1 Å². The molecule has 1 aromatic rings. The van der Waals surface area contributed by atoms with Gasteiger partial charge < -0.3 is 10.6 Å². The zero-order chi connectivity index (χ0) is 14.5. The molecule has 3 nitrogen and oxygen atoms in total. The lowest BCUT2D eigenvalue weighted by Gasteiger charge is -2.30. The summed E-state index contributed by atoms with van der Waals surface area (Å²) in [5, 5.41) is 6.92. The third-order valence-corrected chi connectivity index (χ3v) is 5.84. The van der Waals surface area contributed by atoms with Gasteiger partial charge in [-0.1, -0.05) is 30.5 Å². The third kappa shape index (κ3) is 4.78. The van der Waals surface area contributed by atoms with Gasteiger partial charge >= 0.3 is 0 Å². The van der Waals surface area contributed by atoms with Crippen molar-refractivity contribution in [2.45, 2.75) is 48.7 Å². The summed E-state index contributed by atoms with van der Waals surface area (Å²) in [7, 11) is 0. The van der Waals surface area contributed by atoms with Crippen LogP contribution in [0.4, 0.5) is 0 Å². The van der Waals surface area contributed by atoms with Crippen molar-refractivity contribution in [3.05, 3.63) is 29.8 Å². The van der Waals surface area contributed by atoms with Crippen LogP contribution in [0.5, 0.6) is 0 Å². The molecule has 1 heterocycles. The minimum absolute atomic E-state index is 0. The molecule has 0 bridgehead atoms. The van der Waals surface area contributed by atoms with E-state index in [-0.39, 0.29) is 24.0 Å². The van der Waals surface area contributed by atoms with Crippen LogP contribution >= 0.6 is 35.7 Å². The zero-order valence-corrected chi connectivity index (χ0v) is 16.4. The van der Waals surface area contributed by atoms with Gasteiger partial charge in [0.2, 0.25) is 0 Å². The van der Waals surface area contributed by atoms with Gasteiger partial charge in [0, 0.05) is 29.3 Å². The number of halogens is 1. The number of rotatable bonds is 4. The standard InChI is InChI=1S/C17H25N3S.HI/c1-14-5-7-15(8-6-14)21-17(9-2-3-10-17)13-20-16-18-11-4-12-19-16;/h5-8H,2-4,9-13H2,1H3,(H2,18,19,20);1H. The number of thioether (sulfide) groups is 1. The molecular formula is C17H26IN3S. The molecule has 2 aliphatic rings. The molecule has 1 aliphatic heterocycles. The molecule has 0 amide bonds. The summed E-state index contributed by atoms with van der Waals surface area (Å²) >= 11 is 2.05. The fourth-order valence-corrected chi connectivity index (χ4v) is 4.50. The molecule has 22 heavy (non-hydrogen) atoms. The van der Waals surface area contributed by atoms with Crippen LogP contribution in [0.2, 0.25) is 0 Å². The van der Waals surface area contributed by atoms with E-state index in [0.717, 1.165) is 32.0 Å². The van der Waals surface area contributed by atoms with E-state index in [2.05, 4.69) is 58.6 Å². The molecule has 0 saturated heterocycles. The van der Waals surface area contributed by atoms with Crippen LogP contribution in [-0.2, 0) is 0 Å². The number of guanidine groups is 1. The van der Waals surface area contributed by atoms with Crippen LogP contribution in [0.3, 0.4) is 0 Å². The Morgan fingerprint density at radius 3 is 2.55 bits per heavy atom. The van der Waals surface area contributed by atoms with Crippen molar-refractivity contribution in [2.24, 2.45) is 4.99 Å². The number of hydrogen-bond donors (Lipinski definition) is 2. The minimum Gasteiger partial charge on any atom is -0.356 e. The summed E-state index contributed by atoms with van der Waals surface area (Å²) in [4.78, 5) is 5.92. The van der Waals surface area contributed by atoms with Gasteiger partial charge in [0.15, 0.2) is 5.96 Å². The molecule has 122 valence electrons. The lowest BCUT2D eigenvalue weighted by Crippen LogP contribution is -2.46. The van der Waals surface area contributed by atoms with Gasteiger partial charge in [-0.3, -0.25) is 4.99 Å². The second kappa shape index (κ2) is 8.43. The Balaban J connectivity index is 0.00000176. The summed E-state index contributed by atoms with van der Waals surface area (Å²) in [5.41, 5.74) is 1.33. The van der Waals surface area contributed by atoms with Crippen molar-refractivity contribution >= 4 is 41.7 Å². The molecule has 1 aliphatic carbocycles. The van der Waals surface area contributed by atoms with E-state index in [9.17, 15) is 0 Å². The van der Waals surface area contributed by atoms with E-state index in [1.807, 2.05) is 0 Å². The summed E-state index contributed by atoms with van der Waals surface area (Å²) < 4.78 is 0.330. The number of aryl methyl sites for hydroxylation is 1. The van der Waals surface area contributed by atoms with E-state index in [0.29, 0.717) is 4.75 Å². The SMILES string of the molecule is Cc1ccc(SC2(CNC3=NCCCN3)CCCC2)cc1.I. The van der Waals surface area contributed by atoms with Crippen LogP contribution in [0, 0.1) is 6.92 Å². The molecule has 0 radical (unpaired) electrons. The third-order valence-electron chi connectivity index (χ3n) is 4.35. The monoisotopic (exact) mass is 431 g/mol. The van der Waals surface area contributed by atoms with Crippen molar-refractivity contribution in [2.75, 3.05) is 19.6 Å². The lowest BCUT2D eigenvalue weighted by atomic mass is 10.1. The maximum absolute atomic E-state index is 4.53. The molecule has 1 saturated carbocycles. The molecule has 0 unspecified atom stereocenters. The molecule has 0 aromatic heterocycles. The van der Waals surface area contributed by atoms with Crippen molar-refractivity contribution in [3.63, 3.8) is 0 Å². The first kappa shape index (κ1) is 17.9. The van der Waals surface area contributed by atoms with Gasteiger partial charge in [-0.05, 0) is 38.3 Å². The highest BCUT2D eigenvalue weighted by molar-refractivity contribution is 14.0. The summed E-state index contributed by atoms with van der Waals surface area (Å²) in [6, 6.07) is 8.95. The average molecular weight is 431 g/mol. The Hall–Kier alpha value is -0.430. The van der Waals surface area contributed by atoms with Gasteiger partial charge in [-0.15, -0.1) is 35.7 Å². The van der Waals surface area contributed by atoms with E-state index < -0.39 is 0 Å². The molecular weight excluding hydrogens is 405 g/mol. The maximum Gasteiger partial charge on any atom is 0.191 e. The molecule has 1 aromatic carbocycles. The number of nitrogens with one attached hydrogen (secondary N) is 2. The Bertz CT molecular complexity index is 495. The maximum atomic E-state index is 4.53. The summed E-state index contributed by atoms with van der Waals surface area (Å²) in [6.45, 7) is 5.16. The van der Waals surface area contributed by atoms with Crippen LogP contribution < -0.4 is 10.6 Å². The highest BCUT2D eigenvalue weighted by atomic mass is 127. The number of benzene rings is 1. The normalized spacial score (nSPS) is 19.8. The molecule has 2 N–H and O–H groups in total. The second-order valence-electron chi connectivity index (χ2n) is 6.17. The Labute approximate surface area is 155 Å². The first-order valence-corrected chi connectivity index (χ1v) is 8.85. The van der Waals surface area contributed by atoms with Crippen LogP contribution in [0.25, 0.3) is 0 Å². The summed E-state index contributed by atoms with van der Waals surface area (Å²) in [5.74, 6) is 0.997. The topological polar surface area (TPSA) is 36.4 Å². The molecule has 5 heteroatoms. The van der Waals surface area contributed by atoms with Gasteiger partial charge in [-0.25, -0.2) is 0 Å². The average Bonchev–Trinajstić information content (AvgIpc) is 2.98. The molecule has 3 rings (SSSR count). The van der Waals surface area contributed by atoms with E-state index in [4.69, 9.17) is 0 Å². The zero-order valence-electron chi connectivity index (χ0n) is 13.2. The van der Waals surface area contributed by atoms with Crippen LogP contribution in [0.15, 0.2) is 34.2 Å². The summed E-state index contributed by atoms with van der Waals surface area (Å²) in [6.07, 6.45) is 6.44. The van der Waals surface area contributed by atoms with Crippen molar-refractivity contribution in [3.8, 4) is 0 Å². The largest absolute Gasteiger partial charge is 0.356 e. The fraction of sp³-hybridized carbons (Fsp3) is 0.588. The number of nitrogens with zero attached hydrogens (tertiary/aromatic N) is 1.